The molecule has 0 bridgehead atoms. The number of halogens is 1. The molecular weight excluding hydrogens is 710 g/mol. The van der Waals surface area contributed by atoms with Crippen molar-refractivity contribution in [3.63, 3.8) is 0 Å². The topological polar surface area (TPSA) is 73.4 Å². The SMILES string of the molecule is COc1ccc(COc2ccc(Oc3c(C)cc(C=CC(=O)N4CCN(Cc5ccc(C=CCOc6ccc(C)cc6)cc5C)CC4)cc3C)nc2)cc1.Cl. The smallest absolute Gasteiger partial charge is 0.246 e. The highest BCUT2D eigenvalue weighted by Crippen LogP contribution is 2.30. The number of aromatic nitrogens is 1. The standard InChI is InChI=1S/C46H49N3O5.ClH/c1-33-8-15-42(16-9-33)52-26-6-7-37-10-14-40(34(2)27-37)31-48-22-24-49(25-23-48)45(50)21-13-39-28-35(3)46(36(4)29-39)54-44-20-19-43(30-47-44)53-32-38-11-17-41(51-5)18-12-38;/h6-21,27-30H,22-26,31-32H2,1-5H3;1H. The second kappa shape index (κ2) is 19.7. The number of benzene rings is 4. The van der Waals surface area contributed by atoms with Gasteiger partial charge >= 0.3 is 0 Å². The van der Waals surface area contributed by atoms with Crippen molar-refractivity contribution in [3.05, 3.63) is 154 Å². The molecule has 1 aliphatic heterocycles. The van der Waals surface area contributed by atoms with Crippen molar-refractivity contribution in [3.8, 4) is 28.9 Å². The summed E-state index contributed by atoms with van der Waals surface area (Å²) in [5.41, 5.74) is 8.87. The number of hydrogen-bond donors (Lipinski definition) is 0. The molecule has 4 aromatic carbocycles. The van der Waals surface area contributed by atoms with Gasteiger partial charge in [0.05, 0.1) is 13.3 Å². The van der Waals surface area contributed by atoms with Crippen LogP contribution in [0.15, 0.2) is 109 Å². The summed E-state index contributed by atoms with van der Waals surface area (Å²) < 4.78 is 23.1. The highest BCUT2D eigenvalue weighted by atomic mass is 35.5. The Labute approximate surface area is 331 Å². The van der Waals surface area contributed by atoms with Crippen LogP contribution in [0.4, 0.5) is 0 Å². The van der Waals surface area contributed by atoms with Crippen LogP contribution in [-0.2, 0) is 17.9 Å². The fourth-order valence-corrected chi connectivity index (χ4v) is 6.35. The van der Waals surface area contributed by atoms with E-state index in [1.807, 2.05) is 85.5 Å². The summed E-state index contributed by atoms with van der Waals surface area (Å²) in [6, 6.07) is 30.2. The Morgan fingerprint density at radius 2 is 1.40 bits per heavy atom. The zero-order valence-electron chi connectivity index (χ0n) is 32.3. The maximum atomic E-state index is 13.1. The van der Waals surface area contributed by atoms with Gasteiger partial charge in [0.2, 0.25) is 11.8 Å². The summed E-state index contributed by atoms with van der Waals surface area (Å²) in [5, 5.41) is 0. The van der Waals surface area contributed by atoms with Crippen molar-refractivity contribution in [2.75, 3.05) is 39.9 Å². The zero-order valence-corrected chi connectivity index (χ0v) is 33.1. The normalized spacial score (nSPS) is 13.1. The van der Waals surface area contributed by atoms with Gasteiger partial charge in [-0.05, 0) is 121 Å². The Bertz CT molecular complexity index is 2050. The highest BCUT2D eigenvalue weighted by molar-refractivity contribution is 5.92. The minimum Gasteiger partial charge on any atom is -0.497 e. The summed E-state index contributed by atoms with van der Waals surface area (Å²) >= 11 is 0. The molecule has 5 aromatic rings. The Morgan fingerprint density at radius 1 is 0.727 bits per heavy atom. The van der Waals surface area contributed by atoms with Crippen LogP contribution >= 0.6 is 12.4 Å². The number of carbonyl (C=O) groups is 1. The van der Waals surface area contributed by atoms with E-state index in [-0.39, 0.29) is 18.3 Å². The first-order valence-electron chi connectivity index (χ1n) is 18.4. The molecule has 0 N–H and O–H groups in total. The van der Waals surface area contributed by atoms with E-state index in [0.29, 0.717) is 37.9 Å². The van der Waals surface area contributed by atoms with Gasteiger partial charge in [0, 0.05) is 44.9 Å². The Morgan fingerprint density at radius 3 is 2.05 bits per heavy atom. The first-order valence-corrected chi connectivity index (χ1v) is 18.4. The molecule has 9 heteroatoms. The van der Waals surface area contributed by atoms with Crippen LogP contribution < -0.4 is 18.9 Å². The summed E-state index contributed by atoms with van der Waals surface area (Å²) in [5.74, 6) is 3.60. The molecule has 0 atom stereocenters. The summed E-state index contributed by atoms with van der Waals surface area (Å²) in [7, 11) is 1.65. The van der Waals surface area contributed by atoms with Gasteiger partial charge in [0.25, 0.3) is 0 Å². The van der Waals surface area contributed by atoms with Gasteiger partial charge in [-0.1, -0.05) is 54.1 Å². The quantitative estimate of drug-likeness (QED) is 0.105. The molecule has 286 valence electrons. The van der Waals surface area contributed by atoms with Gasteiger partial charge in [0.1, 0.15) is 36.2 Å². The molecule has 0 radical (unpaired) electrons. The minimum absolute atomic E-state index is 0. The van der Waals surface area contributed by atoms with Crippen LogP contribution in [0.5, 0.6) is 28.9 Å². The van der Waals surface area contributed by atoms with Gasteiger partial charge in [-0.15, -0.1) is 12.4 Å². The third-order valence-electron chi connectivity index (χ3n) is 9.50. The fourth-order valence-electron chi connectivity index (χ4n) is 6.35. The molecule has 1 fully saturated rings. The molecule has 0 spiro atoms. The van der Waals surface area contributed by atoms with Gasteiger partial charge < -0.3 is 23.8 Å². The van der Waals surface area contributed by atoms with Crippen LogP contribution in [0.2, 0.25) is 0 Å². The Hall–Kier alpha value is -5.57. The highest BCUT2D eigenvalue weighted by Gasteiger charge is 2.20. The van der Waals surface area contributed by atoms with Crippen LogP contribution in [-0.4, -0.2) is 60.6 Å². The maximum absolute atomic E-state index is 13.1. The fraction of sp³-hybridized carbons (Fsp3) is 0.261. The average molecular weight is 760 g/mol. The van der Waals surface area contributed by atoms with E-state index >= 15 is 0 Å². The predicted octanol–water partition coefficient (Wildman–Crippen LogP) is 9.57. The number of pyridine rings is 1. The van der Waals surface area contributed by atoms with Crippen molar-refractivity contribution in [1.29, 1.82) is 0 Å². The summed E-state index contributed by atoms with van der Waals surface area (Å²) in [6.07, 6.45) is 9.38. The summed E-state index contributed by atoms with van der Waals surface area (Å²) in [4.78, 5) is 21.9. The molecule has 6 rings (SSSR count). The van der Waals surface area contributed by atoms with Crippen molar-refractivity contribution in [2.24, 2.45) is 0 Å². The van der Waals surface area contributed by atoms with E-state index in [4.69, 9.17) is 18.9 Å². The second-order valence-corrected chi connectivity index (χ2v) is 13.7. The van der Waals surface area contributed by atoms with Crippen LogP contribution in [0.1, 0.15) is 44.5 Å². The lowest BCUT2D eigenvalue weighted by Gasteiger charge is -2.34. The number of methoxy groups -OCH3 is 1. The zero-order chi connectivity index (χ0) is 37.9. The van der Waals surface area contributed by atoms with Crippen molar-refractivity contribution in [1.82, 2.24) is 14.8 Å². The number of nitrogens with zero attached hydrogens (tertiary/aromatic N) is 3. The first-order chi connectivity index (χ1) is 26.2. The Kier molecular flexibility index (Phi) is 14.5. The second-order valence-electron chi connectivity index (χ2n) is 13.7. The molecule has 0 saturated carbocycles. The molecule has 1 amide bonds. The van der Waals surface area contributed by atoms with Gasteiger partial charge in [-0.3, -0.25) is 9.69 Å². The third-order valence-corrected chi connectivity index (χ3v) is 9.50. The molecular formula is C46H50ClN3O5. The lowest BCUT2D eigenvalue weighted by molar-refractivity contribution is -0.127. The molecule has 2 heterocycles. The van der Waals surface area contributed by atoms with Gasteiger partial charge in [-0.25, -0.2) is 4.98 Å². The number of piperazine rings is 1. The first kappa shape index (κ1) is 40.6. The monoisotopic (exact) mass is 759 g/mol. The van der Waals surface area contributed by atoms with E-state index in [9.17, 15) is 4.79 Å². The molecule has 0 unspecified atom stereocenters. The average Bonchev–Trinajstić information content (AvgIpc) is 3.19. The van der Waals surface area contributed by atoms with E-state index < -0.39 is 0 Å². The molecule has 1 aliphatic rings. The Balaban J connectivity index is 0.00000580. The molecule has 8 nitrogen and oxygen atoms in total. The minimum atomic E-state index is 0. The number of hydrogen-bond acceptors (Lipinski definition) is 7. The van der Waals surface area contributed by atoms with E-state index in [2.05, 4.69) is 60.1 Å². The number of ether oxygens (including phenoxy) is 4. The number of amides is 1. The van der Waals surface area contributed by atoms with Gasteiger partial charge in [0.15, 0.2) is 0 Å². The van der Waals surface area contributed by atoms with E-state index in [0.717, 1.165) is 64.7 Å². The van der Waals surface area contributed by atoms with Crippen molar-refractivity contribution in [2.45, 2.75) is 40.8 Å². The van der Waals surface area contributed by atoms with Gasteiger partial charge in [-0.2, -0.15) is 0 Å². The maximum Gasteiger partial charge on any atom is 0.246 e. The van der Waals surface area contributed by atoms with Crippen LogP contribution in [0.3, 0.4) is 0 Å². The molecule has 0 aliphatic carbocycles. The number of carbonyl (C=O) groups excluding carboxylic acids is 1. The predicted molar refractivity (Wildman–Crippen MR) is 223 cm³/mol. The third kappa shape index (κ3) is 11.7. The van der Waals surface area contributed by atoms with Crippen LogP contribution in [0.25, 0.3) is 12.2 Å². The van der Waals surface area contributed by atoms with Crippen molar-refractivity contribution >= 4 is 30.5 Å². The molecule has 55 heavy (non-hydrogen) atoms. The van der Waals surface area contributed by atoms with E-state index in [1.54, 1.807) is 25.4 Å². The summed E-state index contributed by atoms with van der Waals surface area (Å²) in [6.45, 7) is 13.1. The largest absolute Gasteiger partial charge is 0.497 e. The lowest BCUT2D eigenvalue weighted by Crippen LogP contribution is -2.47. The number of aryl methyl sites for hydroxylation is 4. The molecule has 1 aromatic heterocycles. The van der Waals surface area contributed by atoms with Crippen LogP contribution in [0, 0.1) is 27.7 Å². The molecule has 1 saturated heterocycles. The lowest BCUT2D eigenvalue weighted by atomic mass is 10.0. The van der Waals surface area contributed by atoms with E-state index in [1.165, 1.54) is 16.7 Å². The number of rotatable bonds is 14. The van der Waals surface area contributed by atoms with Crippen molar-refractivity contribution < 1.29 is 23.7 Å².